The molecule has 1 heterocycles. The number of imide groups is 1. The van der Waals surface area contributed by atoms with Crippen molar-refractivity contribution in [1.29, 1.82) is 0 Å². The largest absolute Gasteiger partial charge is 0.545 e. The quantitative estimate of drug-likeness (QED) is 0.762. The molecule has 9 heteroatoms. The minimum absolute atomic E-state index is 0.0701. The standard InChI is InChI=1S/C17H14N2O6S/c20-15-8-9-16(21)19(15)13-4-6-14(7-5-13)26(24,25)18-12-3-1-2-11(10-12)17(22)23/h1-7,10,18H,8-9H2,(H,22,23)/p-1. The van der Waals surface area contributed by atoms with Crippen molar-refractivity contribution in [2.45, 2.75) is 17.7 Å². The van der Waals surface area contributed by atoms with E-state index in [1.807, 2.05) is 0 Å². The zero-order chi connectivity index (χ0) is 18.9. The molecule has 0 aromatic heterocycles. The molecule has 2 amide bonds. The summed E-state index contributed by atoms with van der Waals surface area (Å²) < 4.78 is 27.1. The molecule has 1 fully saturated rings. The summed E-state index contributed by atoms with van der Waals surface area (Å²) in [6.07, 6.45) is 0.268. The van der Waals surface area contributed by atoms with Crippen molar-refractivity contribution >= 4 is 39.2 Å². The second-order valence-corrected chi connectivity index (χ2v) is 7.27. The van der Waals surface area contributed by atoms with Crippen LogP contribution in [-0.2, 0) is 19.6 Å². The number of benzene rings is 2. The molecule has 1 N–H and O–H groups in total. The number of nitrogens with zero attached hydrogens (tertiary/aromatic N) is 1. The van der Waals surface area contributed by atoms with Crippen LogP contribution in [0.4, 0.5) is 11.4 Å². The van der Waals surface area contributed by atoms with Crippen LogP contribution >= 0.6 is 0 Å². The van der Waals surface area contributed by atoms with E-state index in [1.165, 1.54) is 42.5 Å². The Bertz CT molecular complexity index is 982. The molecular formula is C17H13N2O6S-. The Kier molecular flexibility index (Phi) is 4.47. The van der Waals surface area contributed by atoms with Gasteiger partial charge in [0.1, 0.15) is 0 Å². The van der Waals surface area contributed by atoms with Crippen molar-refractivity contribution in [3.63, 3.8) is 0 Å². The second kappa shape index (κ2) is 6.60. The average molecular weight is 373 g/mol. The van der Waals surface area contributed by atoms with Gasteiger partial charge < -0.3 is 9.90 Å². The van der Waals surface area contributed by atoms with Crippen molar-refractivity contribution in [1.82, 2.24) is 0 Å². The van der Waals surface area contributed by atoms with Gasteiger partial charge in [0.2, 0.25) is 11.8 Å². The Balaban J connectivity index is 1.84. The Morgan fingerprint density at radius 2 is 1.62 bits per heavy atom. The number of carboxylic acids is 1. The van der Waals surface area contributed by atoms with Gasteiger partial charge in [-0.15, -0.1) is 0 Å². The minimum Gasteiger partial charge on any atom is -0.545 e. The van der Waals surface area contributed by atoms with Crippen molar-refractivity contribution in [3.8, 4) is 0 Å². The number of aromatic carboxylic acids is 1. The highest BCUT2D eigenvalue weighted by Crippen LogP contribution is 2.25. The van der Waals surface area contributed by atoms with Crippen LogP contribution in [0.1, 0.15) is 23.2 Å². The fourth-order valence-electron chi connectivity index (χ4n) is 2.56. The number of carboxylic acid groups (broad SMARTS) is 1. The van der Waals surface area contributed by atoms with E-state index in [4.69, 9.17) is 0 Å². The van der Waals surface area contributed by atoms with Crippen molar-refractivity contribution in [2.75, 3.05) is 9.62 Å². The minimum atomic E-state index is -3.97. The number of amides is 2. The van der Waals surface area contributed by atoms with Crippen molar-refractivity contribution < 1.29 is 27.9 Å². The number of rotatable bonds is 5. The SMILES string of the molecule is O=C([O-])c1cccc(NS(=O)(=O)c2ccc(N3C(=O)CCC3=O)cc2)c1. The lowest BCUT2D eigenvalue weighted by Gasteiger charge is -2.15. The molecule has 3 rings (SSSR count). The monoisotopic (exact) mass is 373 g/mol. The lowest BCUT2D eigenvalue weighted by Crippen LogP contribution is -2.28. The summed E-state index contributed by atoms with van der Waals surface area (Å²) in [4.78, 5) is 35.2. The first-order valence-electron chi connectivity index (χ1n) is 7.58. The molecule has 0 unspecified atom stereocenters. The predicted octanol–water partition coefficient (Wildman–Crippen LogP) is 0.504. The summed E-state index contributed by atoms with van der Waals surface area (Å²) in [5.41, 5.74) is 0.211. The number of carbonyl (C=O) groups excluding carboxylic acids is 3. The van der Waals surface area contributed by atoms with Crippen LogP contribution in [0, 0.1) is 0 Å². The van der Waals surface area contributed by atoms with Gasteiger partial charge in [0.05, 0.1) is 16.6 Å². The molecule has 0 aliphatic carbocycles. The topological polar surface area (TPSA) is 124 Å². The molecule has 0 spiro atoms. The molecule has 1 saturated heterocycles. The molecular weight excluding hydrogens is 360 g/mol. The normalized spacial score (nSPS) is 14.5. The molecule has 2 aromatic rings. The number of sulfonamides is 1. The third-order valence-electron chi connectivity index (χ3n) is 3.81. The highest BCUT2D eigenvalue weighted by molar-refractivity contribution is 7.92. The molecule has 0 bridgehead atoms. The number of hydrogen-bond donors (Lipinski definition) is 1. The summed E-state index contributed by atoms with van der Waals surface area (Å²) in [6.45, 7) is 0. The van der Waals surface area contributed by atoms with E-state index in [0.29, 0.717) is 5.69 Å². The van der Waals surface area contributed by atoms with Gasteiger partial charge in [-0.3, -0.25) is 19.2 Å². The molecule has 2 aromatic carbocycles. The maximum atomic E-state index is 12.4. The molecule has 0 atom stereocenters. The predicted molar refractivity (Wildman–Crippen MR) is 89.8 cm³/mol. The van der Waals surface area contributed by atoms with Gasteiger partial charge in [-0.1, -0.05) is 12.1 Å². The number of hydrogen-bond acceptors (Lipinski definition) is 6. The van der Waals surface area contributed by atoms with Gasteiger partial charge >= 0.3 is 0 Å². The molecule has 0 saturated carbocycles. The molecule has 1 aliphatic rings. The number of nitrogens with one attached hydrogen (secondary N) is 1. The van der Waals surface area contributed by atoms with Crippen molar-refractivity contribution in [3.05, 3.63) is 54.1 Å². The van der Waals surface area contributed by atoms with Crippen LogP contribution in [-0.4, -0.2) is 26.2 Å². The highest BCUT2D eigenvalue weighted by Gasteiger charge is 2.30. The fourth-order valence-corrected chi connectivity index (χ4v) is 3.61. The third kappa shape index (κ3) is 3.42. The molecule has 1 aliphatic heterocycles. The molecule has 134 valence electrons. The Hall–Kier alpha value is -3.20. The summed E-state index contributed by atoms with van der Waals surface area (Å²) in [5.74, 6) is -2.08. The van der Waals surface area contributed by atoms with Gasteiger partial charge in [-0.05, 0) is 42.0 Å². The van der Waals surface area contributed by atoms with E-state index in [2.05, 4.69) is 4.72 Å². The van der Waals surface area contributed by atoms with Crippen LogP contribution in [0.3, 0.4) is 0 Å². The summed E-state index contributed by atoms with van der Waals surface area (Å²) in [5, 5.41) is 10.9. The van der Waals surface area contributed by atoms with E-state index < -0.39 is 16.0 Å². The summed E-state index contributed by atoms with van der Waals surface area (Å²) in [7, 11) is -3.97. The third-order valence-corrected chi connectivity index (χ3v) is 5.20. The van der Waals surface area contributed by atoms with Crippen LogP contribution < -0.4 is 14.7 Å². The Labute approximate surface area is 149 Å². The zero-order valence-electron chi connectivity index (χ0n) is 13.3. The lowest BCUT2D eigenvalue weighted by atomic mass is 10.2. The van der Waals surface area contributed by atoms with Gasteiger partial charge in [0.25, 0.3) is 10.0 Å². The van der Waals surface area contributed by atoms with Gasteiger partial charge in [0, 0.05) is 18.5 Å². The van der Waals surface area contributed by atoms with E-state index in [-0.39, 0.29) is 40.8 Å². The molecule has 0 radical (unpaired) electrons. The number of anilines is 2. The first-order chi connectivity index (χ1) is 12.3. The summed E-state index contributed by atoms with van der Waals surface area (Å²) in [6, 6.07) is 10.5. The van der Waals surface area contributed by atoms with Crippen LogP contribution in [0.2, 0.25) is 0 Å². The lowest BCUT2D eigenvalue weighted by molar-refractivity contribution is -0.255. The smallest absolute Gasteiger partial charge is 0.261 e. The Morgan fingerprint density at radius 1 is 1.00 bits per heavy atom. The fraction of sp³-hybridized carbons (Fsp3) is 0.118. The van der Waals surface area contributed by atoms with Gasteiger partial charge in [-0.2, -0.15) is 0 Å². The summed E-state index contributed by atoms with van der Waals surface area (Å²) >= 11 is 0. The Morgan fingerprint density at radius 3 is 2.19 bits per heavy atom. The van der Waals surface area contributed by atoms with E-state index in [1.54, 1.807) is 0 Å². The maximum absolute atomic E-state index is 12.4. The van der Waals surface area contributed by atoms with Crippen LogP contribution in [0.25, 0.3) is 0 Å². The van der Waals surface area contributed by atoms with Crippen LogP contribution in [0.5, 0.6) is 0 Å². The average Bonchev–Trinajstić information content (AvgIpc) is 2.93. The highest BCUT2D eigenvalue weighted by atomic mass is 32.2. The molecule has 8 nitrogen and oxygen atoms in total. The van der Waals surface area contributed by atoms with Gasteiger partial charge in [-0.25, -0.2) is 8.42 Å². The zero-order valence-corrected chi connectivity index (χ0v) is 14.2. The second-order valence-electron chi connectivity index (χ2n) is 5.59. The first-order valence-corrected chi connectivity index (χ1v) is 9.06. The number of carbonyl (C=O) groups is 3. The molecule has 26 heavy (non-hydrogen) atoms. The van der Waals surface area contributed by atoms with E-state index in [0.717, 1.165) is 11.0 Å². The maximum Gasteiger partial charge on any atom is 0.261 e. The van der Waals surface area contributed by atoms with E-state index in [9.17, 15) is 27.9 Å². The van der Waals surface area contributed by atoms with Crippen molar-refractivity contribution in [2.24, 2.45) is 0 Å². The van der Waals surface area contributed by atoms with Gasteiger partial charge in [0.15, 0.2) is 0 Å². The first kappa shape index (κ1) is 17.6. The van der Waals surface area contributed by atoms with Crippen LogP contribution in [0.15, 0.2) is 53.4 Å². The van der Waals surface area contributed by atoms with E-state index >= 15 is 0 Å².